The second kappa shape index (κ2) is 6.03. The van der Waals surface area contributed by atoms with E-state index in [-0.39, 0.29) is 16.2 Å². The number of aromatic nitrogens is 2. The van der Waals surface area contributed by atoms with E-state index in [9.17, 15) is 13.8 Å². The van der Waals surface area contributed by atoms with Crippen LogP contribution in [0, 0.1) is 0 Å². The summed E-state index contributed by atoms with van der Waals surface area (Å²) in [7, 11) is -0.0977. The van der Waals surface area contributed by atoms with Gasteiger partial charge >= 0.3 is 0 Å². The molecule has 1 atom stereocenters. The molecule has 1 unspecified atom stereocenters. The van der Waals surface area contributed by atoms with Crippen LogP contribution in [0.3, 0.4) is 0 Å². The van der Waals surface area contributed by atoms with Crippen molar-refractivity contribution in [3.63, 3.8) is 0 Å². The molecule has 2 aromatic rings. The van der Waals surface area contributed by atoms with Gasteiger partial charge < -0.3 is 0 Å². The van der Waals surface area contributed by atoms with E-state index in [0.717, 1.165) is 9.15 Å². The number of rotatable bonds is 3. The Balaban J connectivity index is 2.89. The van der Waals surface area contributed by atoms with Crippen LogP contribution in [0.2, 0.25) is 0 Å². The standard InChI is InChI=1S/C14H13BrN2O3S/c1-8(18)11-12(9-4-6-10(15)7-5-9)16-17(2)14(19)13(11)21(3)20/h4-7H,1-3H3. The number of nitrogens with zero attached hydrogens (tertiary/aromatic N) is 2. The molecular formula is C14H13BrN2O3S. The lowest BCUT2D eigenvalue weighted by Gasteiger charge is -2.12. The van der Waals surface area contributed by atoms with E-state index >= 15 is 0 Å². The van der Waals surface area contributed by atoms with Crippen molar-refractivity contribution in [1.29, 1.82) is 0 Å². The number of carbonyl (C=O) groups is 1. The lowest BCUT2D eigenvalue weighted by atomic mass is 10.0. The van der Waals surface area contributed by atoms with E-state index in [2.05, 4.69) is 21.0 Å². The van der Waals surface area contributed by atoms with Gasteiger partial charge in [0, 0.05) is 23.3 Å². The fraction of sp³-hybridized carbons (Fsp3) is 0.214. The number of ketones is 1. The highest BCUT2D eigenvalue weighted by molar-refractivity contribution is 9.10. The van der Waals surface area contributed by atoms with Crippen LogP contribution in [0.1, 0.15) is 17.3 Å². The molecule has 0 spiro atoms. The summed E-state index contributed by atoms with van der Waals surface area (Å²) in [6.07, 6.45) is 1.38. The van der Waals surface area contributed by atoms with Crippen molar-refractivity contribution < 1.29 is 9.00 Å². The van der Waals surface area contributed by atoms with Crippen molar-refractivity contribution in [3.05, 3.63) is 44.7 Å². The van der Waals surface area contributed by atoms with Gasteiger partial charge in [0.1, 0.15) is 10.6 Å². The number of benzene rings is 1. The number of hydrogen-bond donors (Lipinski definition) is 0. The largest absolute Gasteiger partial charge is 0.294 e. The third-order valence-corrected chi connectivity index (χ3v) is 4.44. The van der Waals surface area contributed by atoms with Gasteiger partial charge in [0.05, 0.1) is 16.4 Å². The van der Waals surface area contributed by atoms with Crippen LogP contribution in [0.25, 0.3) is 11.3 Å². The number of aryl methyl sites for hydroxylation is 1. The van der Waals surface area contributed by atoms with E-state index in [1.54, 1.807) is 12.1 Å². The number of halogens is 1. The van der Waals surface area contributed by atoms with Crippen molar-refractivity contribution in [2.24, 2.45) is 7.05 Å². The van der Waals surface area contributed by atoms with Crippen LogP contribution in [-0.4, -0.2) is 26.0 Å². The Hall–Kier alpha value is -1.60. The molecule has 110 valence electrons. The van der Waals surface area contributed by atoms with Gasteiger partial charge in [-0.05, 0) is 19.1 Å². The van der Waals surface area contributed by atoms with E-state index < -0.39 is 16.4 Å². The van der Waals surface area contributed by atoms with Crippen molar-refractivity contribution in [3.8, 4) is 11.3 Å². The number of carbonyl (C=O) groups excluding carboxylic acids is 1. The summed E-state index contributed by atoms with van der Waals surface area (Å²) >= 11 is 3.34. The van der Waals surface area contributed by atoms with Crippen molar-refractivity contribution in [2.45, 2.75) is 11.8 Å². The first-order chi connectivity index (χ1) is 9.82. The first-order valence-corrected chi connectivity index (χ1v) is 8.39. The summed E-state index contributed by atoms with van der Waals surface area (Å²) in [6, 6.07) is 7.20. The molecule has 0 aliphatic rings. The Kier molecular flexibility index (Phi) is 4.53. The Labute approximate surface area is 132 Å². The minimum atomic E-state index is -1.57. The second-order valence-electron chi connectivity index (χ2n) is 4.50. The first kappa shape index (κ1) is 15.8. The molecule has 0 radical (unpaired) electrons. The molecule has 21 heavy (non-hydrogen) atoms. The van der Waals surface area contributed by atoms with Crippen LogP contribution >= 0.6 is 15.9 Å². The van der Waals surface area contributed by atoms with E-state index in [1.807, 2.05) is 12.1 Å². The lowest BCUT2D eigenvalue weighted by molar-refractivity contribution is 0.101. The fourth-order valence-electron chi connectivity index (χ4n) is 2.01. The molecule has 5 nitrogen and oxygen atoms in total. The van der Waals surface area contributed by atoms with E-state index in [1.165, 1.54) is 20.2 Å². The summed E-state index contributed by atoms with van der Waals surface area (Å²) in [5, 5.41) is 4.17. The summed E-state index contributed by atoms with van der Waals surface area (Å²) in [6.45, 7) is 1.34. The van der Waals surface area contributed by atoms with Gasteiger partial charge in [-0.1, -0.05) is 28.1 Å². The molecule has 0 saturated heterocycles. The molecule has 0 fully saturated rings. The van der Waals surface area contributed by atoms with Crippen molar-refractivity contribution >= 4 is 32.5 Å². The van der Waals surface area contributed by atoms with Crippen LogP contribution in [0.15, 0.2) is 38.4 Å². The quantitative estimate of drug-likeness (QED) is 0.778. The lowest BCUT2D eigenvalue weighted by Crippen LogP contribution is -2.28. The number of hydrogen-bond acceptors (Lipinski definition) is 4. The van der Waals surface area contributed by atoms with Crippen molar-refractivity contribution in [1.82, 2.24) is 9.78 Å². The first-order valence-electron chi connectivity index (χ1n) is 6.04. The molecule has 0 N–H and O–H groups in total. The van der Waals surface area contributed by atoms with Gasteiger partial charge in [0.15, 0.2) is 5.78 Å². The fourth-order valence-corrected chi connectivity index (χ4v) is 3.18. The van der Waals surface area contributed by atoms with Gasteiger partial charge in [0.25, 0.3) is 5.56 Å². The molecule has 1 aromatic heterocycles. The topological polar surface area (TPSA) is 69.0 Å². The maximum absolute atomic E-state index is 12.1. The summed E-state index contributed by atoms with van der Waals surface area (Å²) in [4.78, 5) is 24.1. The zero-order valence-corrected chi connectivity index (χ0v) is 14.1. The zero-order valence-electron chi connectivity index (χ0n) is 11.7. The second-order valence-corrected chi connectivity index (χ2v) is 6.73. The van der Waals surface area contributed by atoms with Gasteiger partial charge in [-0.15, -0.1) is 0 Å². The van der Waals surface area contributed by atoms with Gasteiger partial charge in [-0.2, -0.15) is 5.10 Å². The minimum Gasteiger partial charge on any atom is -0.294 e. The molecule has 1 heterocycles. The maximum Gasteiger partial charge on any atom is 0.283 e. The average Bonchev–Trinajstić information content (AvgIpc) is 2.41. The molecule has 0 aliphatic carbocycles. The molecule has 0 amide bonds. The molecule has 0 saturated carbocycles. The van der Waals surface area contributed by atoms with Crippen LogP contribution in [0.4, 0.5) is 0 Å². The Morgan fingerprint density at radius 2 is 1.86 bits per heavy atom. The molecule has 7 heteroatoms. The smallest absolute Gasteiger partial charge is 0.283 e. The average molecular weight is 369 g/mol. The molecule has 0 bridgehead atoms. The molecule has 1 aromatic carbocycles. The van der Waals surface area contributed by atoms with Crippen molar-refractivity contribution in [2.75, 3.05) is 6.26 Å². The van der Waals surface area contributed by atoms with Crippen LogP contribution < -0.4 is 5.56 Å². The van der Waals surface area contributed by atoms with E-state index in [4.69, 9.17) is 0 Å². The third-order valence-electron chi connectivity index (χ3n) is 2.96. The highest BCUT2D eigenvalue weighted by atomic mass is 79.9. The molecular weight excluding hydrogens is 356 g/mol. The summed E-state index contributed by atoms with van der Waals surface area (Å²) in [5.41, 5.74) is 0.663. The Morgan fingerprint density at radius 1 is 1.29 bits per heavy atom. The van der Waals surface area contributed by atoms with Gasteiger partial charge in [-0.25, -0.2) is 4.68 Å². The number of Topliss-reactive ketones (excluding diaryl/α,β-unsaturated/α-hetero) is 1. The van der Waals surface area contributed by atoms with Gasteiger partial charge in [-0.3, -0.25) is 13.8 Å². The SMILES string of the molecule is CC(=O)c1c(-c2ccc(Br)cc2)nn(C)c(=O)c1S(C)=O. The maximum atomic E-state index is 12.1. The third kappa shape index (κ3) is 3.03. The summed E-state index contributed by atoms with van der Waals surface area (Å²) in [5.74, 6) is -0.330. The molecule has 0 aliphatic heterocycles. The highest BCUT2D eigenvalue weighted by Gasteiger charge is 2.23. The predicted molar refractivity (Wildman–Crippen MR) is 85.0 cm³/mol. The minimum absolute atomic E-state index is 0.00193. The Bertz CT molecular complexity index is 797. The normalized spacial score (nSPS) is 12.2. The summed E-state index contributed by atoms with van der Waals surface area (Å²) < 4.78 is 13.9. The predicted octanol–water partition coefficient (Wildman–Crippen LogP) is 2.15. The van der Waals surface area contributed by atoms with Gasteiger partial charge in [0.2, 0.25) is 0 Å². The monoisotopic (exact) mass is 368 g/mol. The Morgan fingerprint density at radius 3 is 2.33 bits per heavy atom. The van der Waals surface area contributed by atoms with E-state index in [0.29, 0.717) is 11.3 Å². The molecule has 2 rings (SSSR count). The van der Waals surface area contributed by atoms with Crippen LogP contribution in [0.5, 0.6) is 0 Å². The van der Waals surface area contributed by atoms with Crippen LogP contribution in [-0.2, 0) is 17.8 Å². The highest BCUT2D eigenvalue weighted by Crippen LogP contribution is 2.25. The zero-order chi connectivity index (χ0) is 15.7.